The number of benzene rings is 4. The standard InChI is InChI=1S/C26H21ClFN3O5.C22H22O7/c1-2-18-20(35-25(32)15-9-5-3-6-10-15)21(36-26(33)16-11-7-4-8-12-16)24(34-18)31-13-17(28)19-22(27)29-14-30-23(19)31;1-3-17-18(28-20(24)15-10-6-4-7-11-15)19(22(27-17)26-14(2)23)29-21(25)16-12-8-5-9-13-16/h3-14,18,20-21,24H,2H2,1H3;4-13,17-19,22H,3H2,1-2H3/t18-,20?,21+,24-;17-,18?,19+,22?/m11/s1. The van der Waals surface area contributed by atoms with Gasteiger partial charge in [0.25, 0.3) is 0 Å². The van der Waals surface area contributed by atoms with Gasteiger partial charge in [-0.25, -0.2) is 33.5 Å². The zero-order valence-corrected chi connectivity index (χ0v) is 36.0. The molecule has 2 aromatic heterocycles. The maximum Gasteiger partial charge on any atom is 0.338 e. The van der Waals surface area contributed by atoms with Gasteiger partial charge in [-0.2, -0.15) is 0 Å². The van der Waals surface area contributed by atoms with Crippen LogP contribution in [0.1, 0.15) is 81.3 Å². The first kappa shape index (κ1) is 46.0. The van der Waals surface area contributed by atoms with Gasteiger partial charge in [0.2, 0.25) is 12.4 Å². The number of halogens is 2. The molecule has 4 aromatic carbocycles. The lowest BCUT2D eigenvalue weighted by atomic mass is 10.1. The smallest absolute Gasteiger partial charge is 0.338 e. The van der Waals surface area contributed by atoms with Crippen LogP contribution in [-0.4, -0.2) is 87.3 Å². The molecule has 8 rings (SSSR count). The van der Waals surface area contributed by atoms with Crippen LogP contribution in [0.2, 0.25) is 5.15 Å². The second-order valence-corrected chi connectivity index (χ2v) is 15.1. The molecule has 0 aliphatic carbocycles. The minimum Gasteiger partial charge on any atom is -0.452 e. The molecule has 17 heteroatoms. The molecular weight excluding hydrogens is 865 g/mol. The van der Waals surface area contributed by atoms with Gasteiger partial charge in [0, 0.05) is 13.1 Å². The molecule has 336 valence electrons. The lowest BCUT2D eigenvalue weighted by Crippen LogP contribution is -2.41. The van der Waals surface area contributed by atoms with Crippen LogP contribution in [0.25, 0.3) is 11.0 Å². The Morgan fingerprint density at radius 3 is 1.42 bits per heavy atom. The Morgan fingerprint density at radius 2 is 0.985 bits per heavy atom. The third kappa shape index (κ3) is 10.7. The summed E-state index contributed by atoms with van der Waals surface area (Å²) < 4.78 is 56.3. The molecule has 4 heterocycles. The van der Waals surface area contributed by atoms with Gasteiger partial charge in [-0.3, -0.25) is 9.36 Å². The van der Waals surface area contributed by atoms with Crippen molar-refractivity contribution in [3.05, 3.63) is 167 Å². The molecule has 8 atom stereocenters. The van der Waals surface area contributed by atoms with Gasteiger partial charge in [0.05, 0.1) is 27.6 Å². The number of esters is 5. The number of carbonyl (C=O) groups excluding carboxylic acids is 5. The fourth-order valence-corrected chi connectivity index (χ4v) is 7.55. The van der Waals surface area contributed by atoms with Crippen molar-refractivity contribution in [3.8, 4) is 0 Å². The van der Waals surface area contributed by atoms with Crippen LogP contribution < -0.4 is 0 Å². The van der Waals surface area contributed by atoms with E-state index in [0.29, 0.717) is 35.1 Å². The molecule has 0 saturated carbocycles. The first-order valence-electron chi connectivity index (χ1n) is 20.7. The summed E-state index contributed by atoms with van der Waals surface area (Å²) in [6.07, 6.45) is -4.31. The Morgan fingerprint density at radius 1 is 0.585 bits per heavy atom. The minimum absolute atomic E-state index is 0.00804. The van der Waals surface area contributed by atoms with Crippen molar-refractivity contribution in [2.75, 3.05) is 0 Å². The number of hydrogen-bond donors (Lipinski definition) is 0. The number of carbonyl (C=O) groups is 5. The molecule has 2 fully saturated rings. The SMILES string of the molecule is CC[C@H]1OC(OC(C)=O)[C@@H](OC(=O)c2ccccc2)C1OC(=O)c1ccccc1.CC[C@H]1O[C@@H](n2cc(F)c3c(Cl)ncnc32)[C@@H](OC(=O)c2ccccc2)C1OC(=O)c1ccccc1. The summed E-state index contributed by atoms with van der Waals surface area (Å²) in [6.45, 7) is 4.91. The van der Waals surface area contributed by atoms with Crippen LogP contribution in [0.3, 0.4) is 0 Å². The quantitative estimate of drug-likeness (QED) is 0.0652. The maximum absolute atomic E-state index is 14.8. The molecule has 2 aliphatic rings. The predicted molar refractivity (Wildman–Crippen MR) is 230 cm³/mol. The molecule has 0 amide bonds. The molecule has 3 unspecified atom stereocenters. The van der Waals surface area contributed by atoms with E-state index in [-0.39, 0.29) is 16.2 Å². The van der Waals surface area contributed by atoms with E-state index in [1.54, 1.807) is 121 Å². The fraction of sp³-hybridized carbons (Fsp3) is 0.271. The highest BCUT2D eigenvalue weighted by molar-refractivity contribution is 6.34. The summed E-state index contributed by atoms with van der Waals surface area (Å²) in [5.74, 6) is -3.71. The molecule has 0 bridgehead atoms. The number of nitrogens with zero attached hydrogens (tertiary/aromatic N) is 3. The van der Waals surface area contributed by atoms with Crippen molar-refractivity contribution in [3.63, 3.8) is 0 Å². The van der Waals surface area contributed by atoms with Crippen LogP contribution >= 0.6 is 11.6 Å². The van der Waals surface area contributed by atoms with Crippen molar-refractivity contribution < 1.29 is 61.5 Å². The van der Waals surface area contributed by atoms with Crippen molar-refractivity contribution in [1.82, 2.24) is 14.5 Å². The van der Waals surface area contributed by atoms with E-state index < -0.39 is 84.8 Å². The first-order chi connectivity index (χ1) is 31.5. The highest BCUT2D eigenvalue weighted by atomic mass is 35.5. The summed E-state index contributed by atoms with van der Waals surface area (Å²) in [4.78, 5) is 70.6. The average molecular weight is 908 g/mol. The van der Waals surface area contributed by atoms with E-state index in [2.05, 4.69) is 9.97 Å². The highest BCUT2D eigenvalue weighted by Crippen LogP contribution is 2.39. The van der Waals surface area contributed by atoms with E-state index in [9.17, 15) is 28.4 Å². The van der Waals surface area contributed by atoms with Crippen molar-refractivity contribution in [2.24, 2.45) is 0 Å². The number of hydrogen-bond acceptors (Lipinski definition) is 14. The zero-order valence-electron chi connectivity index (χ0n) is 35.2. The number of ether oxygens (including phenoxy) is 7. The lowest BCUT2D eigenvalue weighted by Gasteiger charge is -2.25. The van der Waals surface area contributed by atoms with Crippen LogP contribution in [0.5, 0.6) is 0 Å². The van der Waals surface area contributed by atoms with E-state index in [1.165, 1.54) is 17.8 Å². The Balaban J connectivity index is 0.000000199. The molecule has 2 aliphatic heterocycles. The molecular formula is C48H43ClFN3O12. The third-order valence-electron chi connectivity index (χ3n) is 10.4. The molecule has 6 aromatic rings. The number of aromatic nitrogens is 3. The topological polar surface area (TPSA) is 181 Å². The zero-order chi connectivity index (χ0) is 46.0. The Hall–Kier alpha value is -7.01. The van der Waals surface area contributed by atoms with E-state index in [0.717, 1.165) is 6.20 Å². The van der Waals surface area contributed by atoms with Gasteiger partial charge in [-0.05, 0) is 61.4 Å². The van der Waals surface area contributed by atoms with Gasteiger partial charge in [0.1, 0.15) is 29.3 Å². The summed E-state index contributed by atoms with van der Waals surface area (Å²) in [5, 5.41) is -0.0557. The second kappa shape index (κ2) is 21.1. The normalized spacial score (nSPS) is 22.2. The highest BCUT2D eigenvalue weighted by Gasteiger charge is 2.52. The summed E-state index contributed by atoms with van der Waals surface area (Å²) in [7, 11) is 0. The van der Waals surface area contributed by atoms with Crippen LogP contribution in [0.15, 0.2) is 134 Å². The molecule has 0 radical (unpaired) electrons. The summed E-state index contributed by atoms with van der Waals surface area (Å²) in [5.41, 5.74) is 1.47. The monoisotopic (exact) mass is 907 g/mol. The van der Waals surface area contributed by atoms with Gasteiger partial charge in [0.15, 0.2) is 30.4 Å². The maximum atomic E-state index is 14.8. The van der Waals surface area contributed by atoms with Crippen molar-refractivity contribution in [1.29, 1.82) is 0 Å². The minimum atomic E-state index is -1.17. The molecule has 65 heavy (non-hydrogen) atoms. The van der Waals surface area contributed by atoms with Crippen LogP contribution in [0, 0.1) is 5.82 Å². The van der Waals surface area contributed by atoms with Crippen molar-refractivity contribution in [2.45, 2.75) is 82.8 Å². The summed E-state index contributed by atoms with van der Waals surface area (Å²) >= 11 is 6.10. The van der Waals surface area contributed by atoms with E-state index in [1.807, 2.05) is 13.8 Å². The molecule has 2 saturated heterocycles. The fourth-order valence-electron chi connectivity index (χ4n) is 7.34. The van der Waals surface area contributed by atoms with E-state index in [4.69, 9.17) is 44.8 Å². The van der Waals surface area contributed by atoms with E-state index >= 15 is 0 Å². The van der Waals surface area contributed by atoms with Gasteiger partial charge in [-0.1, -0.05) is 98.2 Å². The second-order valence-electron chi connectivity index (χ2n) is 14.7. The lowest BCUT2D eigenvalue weighted by molar-refractivity contribution is -0.186. The third-order valence-corrected chi connectivity index (χ3v) is 10.7. The largest absolute Gasteiger partial charge is 0.452 e. The van der Waals surface area contributed by atoms with Gasteiger partial charge < -0.3 is 33.2 Å². The first-order valence-corrected chi connectivity index (χ1v) is 21.0. The average Bonchev–Trinajstić information content (AvgIpc) is 3.96. The van der Waals surface area contributed by atoms with Gasteiger partial charge >= 0.3 is 29.8 Å². The summed E-state index contributed by atoms with van der Waals surface area (Å²) in [6, 6.07) is 33.7. The Kier molecular flexibility index (Phi) is 14.9. The Labute approximate surface area is 377 Å². The number of rotatable bonds is 12. The molecule has 0 N–H and O–H groups in total. The van der Waals surface area contributed by atoms with Crippen LogP contribution in [0.4, 0.5) is 4.39 Å². The molecule has 15 nitrogen and oxygen atoms in total. The van der Waals surface area contributed by atoms with Crippen LogP contribution in [-0.2, 0) is 38.0 Å². The number of fused-ring (bicyclic) bond motifs is 1. The van der Waals surface area contributed by atoms with Crippen molar-refractivity contribution >= 4 is 52.5 Å². The van der Waals surface area contributed by atoms with Gasteiger partial charge in [-0.15, -0.1) is 0 Å². The predicted octanol–water partition coefficient (Wildman–Crippen LogP) is 8.12. The Bertz CT molecular complexity index is 2600. The molecule has 0 spiro atoms.